The van der Waals surface area contributed by atoms with E-state index in [9.17, 15) is 5.11 Å². The molecule has 0 bridgehead atoms. The second-order valence-corrected chi connectivity index (χ2v) is 4.75. The van der Waals surface area contributed by atoms with Crippen molar-refractivity contribution in [2.24, 2.45) is 0 Å². The van der Waals surface area contributed by atoms with Crippen molar-refractivity contribution < 1.29 is 5.11 Å². The summed E-state index contributed by atoms with van der Waals surface area (Å²) in [6, 6.07) is 0. The van der Waals surface area contributed by atoms with Gasteiger partial charge in [-0.1, -0.05) is 13.3 Å². The maximum absolute atomic E-state index is 9.45. The van der Waals surface area contributed by atoms with Crippen LogP contribution in [0.3, 0.4) is 0 Å². The molecule has 1 saturated carbocycles. The number of aliphatic hydroxyl groups excluding tert-OH is 1. The van der Waals surface area contributed by atoms with Gasteiger partial charge < -0.3 is 16.2 Å². The predicted molar refractivity (Wildman–Crippen MR) is 67.7 cm³/mol. The van der Waals surface area contributed by atoms with Crippen LogP contribution in [0.25, 0.3) is 0 Å². The highest BCUT2D eigenvalue weighted by Crippen LogP contribution is 2.35. The van der Waals surface area contributed by atoms with Gasteiger partial charge in [0.05, 0.1) is 12.1 Å². The highest BCUT2D eigenvalue weighted by atomic mass is 16.3. The summed E-state index contributed by atoms with van der Waals surface area (Å²) in [5.74, 6) is 1.32. The normalized spacial score (nSPS) is 17.5. The molecule has 1 aromatic rings. The second kappa shape index (κ2) is 4.87. The van der Waals surface area contributed by atoms with E-state index in [1.807, 2.05) is 0 Å². The molecule has 0 aromatic carbocycles. The number of aromatic nitrogens is 2. The van der Waals surface area contributed by atoms with Crippen LogP contribution in [0.5, 0.6) is 0 Å². The number of hydrogen-bond acceptors (Lipinski definition) is 5. The van der Waals surface area contributed by atoms with Crippen LogP contribution in [0.1, 0.15) is 38.2 Å². The lowest BCUT2D eigenvalue weighted by Crippen LogP contribution is -2.48. The molecule has 4 N–H and O–H groups in total. The lowest BCUT2D eigenvalue weighted by molar-refractivity contribution is 0.143. The Balaban J connectivity index is 2.22. The molecule has 0 saturated heterocycles. The standard InChI is InChI=1S/C12H20N4O/c1-2-4-9-10(13)14-8-15-11(9)16-12(7-17)5-3-6-12/h8,17H,2-7H2,1H3,(H3,13,14,15,16). The topological polar surface area (TPSA) is 84.1 Å². The lowest BCUT2D eigenvalue weighted by Gasteiger charge is -2.41. The summed E-state index contributed by atoms with van der Waals surface area (Å²) in [4.78, 5) is 8.28. The molecule has 0 atom stereocenters. The van der Waals surface area contributed by atoms with Gasteiger partial charge in [0.1, 0.15) is 18.0 Å². The molecule has 0 aliphatic heterocycles. The first-order chi connectivity index (χ1) is 8.21. The van der Waals surface area contributed by atoms with Gasteiger partial charge in [0.15, 0.2) is 0 Å². The summed E-state index contributed by atoms with van der Waals surface area (Å²) in [6.45, 7) is 2.24. The van der Waals surface area contributed by atoms with E-state index in [4.69, 9.17) is 5.73 Å². The van der Waals surface area contributed by atoms with Crippen LogP contribution in [0.4, 0.5) is 11.6 Å². The highest BCUT2D eigenvalue weighted by molar-refractivity contribution is 5.56. The number of nitrogen functional groups attached to an aromatic ring is 1. The summed E-state index contributed by atoms with van der Waals surface area (Å²) in [5, 5.41) is 12.8. The Labute approximate surface area is 101 Å². The molecule has 5 heteroatoms. The minimum atomic E-state index is -0.191. The molecule has 1 fully saturated rings. The smallest absolute Gasteiger partial charge is 0.135 e. The zero-order chi connectivity index (χ0) is 12.3. The predicted octanol–water partition coefficient (Wildman–Crippen LogP) is 1.34. The number of nitrogens with two attached hydrogens (primary N) is 1. The molecule has 0 unspecified atom stereocenters. The molecule has 2 rings (SSSR count). The summed E-state index contributed by atoms with van der Waals surface area (Å²) >= 11 is 0. The fraction of sp³-hybridized carbons (Fsp3) is 0.667. The number of hydrogen-bond donors (Lipinski definition) is 3. The molecule has 0 spiro atoms. The number of aliphatic hydroxyl groups is 1. The molecule has 1 aliphatic rings. The molecule has 94 valence electrons. The molecule has 0 amide bonds. The van der Waals surface area contributed by atoms with Crippen molar-refractivity contribution in [1.82, 2.24) is 9.97 Å². The first-order valence-electron chi connectivity index (χ1n) is 6.19. The fourth-order valence-electron chi connectivity index (χ4n) is 2.21. The number of nitrogens with zero attached hydrogens (tertiary/aromatic N) is 2. The van der Waals surface area contributed by atoms with Gasteiger partial charge in [0, 0.05) is 5.56 Å². The van der Waals surface area contributed by atoms with Crippen molar-refractivity contribution in [2.75, 3.05) is 17.7 Å². The zero-order valence-electron chi connectivity index (χ0n) is 10.2. The first-order valence-corrected chi connectivity index (χ1v) is 6.19. The molecule has 17 heavy (non-hydrogen) atoms. The van der Waals surface area contributed by atoms with Crippen molar-refractivity contribution in [3.8, 4) is 0 Å². The molecular formula is C12H20N4O. The Bertz CT molecular complexity index is 385. The molecular weight excluding hydrogens is 216 g/mol. The van der Waals surface area contributed by atoms with E-state index < -0.39 is 0 Å². The van der Waals surface area contributed by atoms with Gasteiger partial charge in [-0.15, -0.1) is 0 Å². The summed E-state index contributed by atoms with van der Waals surface area (Å²) in [5.41, 5.74) is 6.65. The van der Waals surface area contributed by atoms with E-state index in [2.05, 4.69) is 22.2 Å². The van der Waals surface area contributed by atoms with Crippen molar-refractivity contribution in [2.45, 2.75) is 44.6 Å². The maximum atomic E-state index is 9.45. The van der Waals surface area contributed by atoms with Crippen molar-refractivity contribution >= 4 is 11.6 Å². The average molecular weight is 236 g/mol. The van der Waals surface area contributed by atoms with Gasteiger partial charge in [0.2, 0.25) is 0 Å². The van der Waals surface area contributed by atoms with E-state index in [1.165, 1.54) is 6.33 Å². The van der Waals surface area contributed by atoms with Crippen molar-refractivity contribution in [3.63, 3.8) is 0 Å². The van der Waals surface area contributed by atoms with Crippen LogP contribution in [-0.2, 0) is 6.42 Å². The molecule has 1 aromatic heterocycles. The van der Waals surface area contributed by atoms with E-state index in [0.717, 1.165) is 43.5 Å². The van der Waals surface area contributed by atoms with E-state index in [1.54, 1.807) is 0 Å². The van der Waals surface area contributed by atoms with Gasteiger partial charge in [-0.2, -0.15) is 0 Å². The Morgan fingerprint density at radius 2 is 2.24 bits per heavy atom. The molecule has 1 aliphatic carbocycles. The fourth-order valence-corrected chi connectivity index (χ4v) is 2.21. The van der Waals surface area contributed by atoms with Gasteiger partial charge in [0.25, 0.3) is 0 Å². The molecule has 5 nitrogen and oxygen atoms in total. The first kappa shape index (κ1) is 12.1. The van der Waals surface area contributed by atoms with Crippen molar-refractivity contribution in [1.29, 1.82) is 0 Å². The summed E-state index contributed by atoms with van der Waals surface area (Å²) < 4.78 is 0. The third-order valence-corrected chi connectivity index (χ3v) is 3.48. The van der Waals surface area contributed by atoms with E-state index in [-0.39, 0.29) is 12.1 Å². The number of rotatable bonds is 5. The van der Waals surface area contributed by atoms with Crippen LogP contribution in [0, 0.1) is 0 Å². The van der Waals surface area contributed by atoms with Gasteiger partial charge in [-0.25, -0.2) is 9.97 Å². The maximum Gasteiger partial charge on any atom is 0.135 e. The van der Waals surface area contributed by atoms with Gasteiger partial charge >= 0.3 is 0 Å². The zero-order valence-corrected chi connectivity index (χ0v) is 10.2. The van der Waals surface area contributed by atoms with Crippen LogP contribution in [0.2, 0.25) is 0 Å². The van der Waals surface area contributed by atoms with Crippen LogP contribution in [0.15, 0.2) is 6.33 Å². The average Bonchev–Trinajstić information content (AvgIpc) is 2.28. The van der Waals surface area contributed by atoms with E-state index >= 15 is 0 Å². The SMILES string of the molecule is CCCc1c(N)ncnc1NC1(CO)CCC1. The second-order valence-electron chi connectivity index (χ2n) is 4.75. The minimum absolute atomic E-state index is 0.141. The van der Waals surface area contributed by atoms with E-state index in [0.29, 0.717) is 5.82 Å². The Kier molecular flexibility index (Phi) is 3.47. The lowest BCUT2D eigenvalue weighted by atomic mass is 9.77. The Hall–Kier alpha value is -1.36. The third-order valence-electron chi connectivity index (χ3n) is 3.48. The molecule has 1 heterocycles. The number of anilines is 2. The summed E-state index contributed by atoms with van der Waals surface area (Å²) in [7, 11) is 0. The Morgan fingerprint density at radius 1 is 1.47 bits per heavy atom. The Morgan fingerprint density at radius 3 is 2.76 bits per heavy atom. The van der Waals surface area contributed by atoms with Crippen LogP contribution in [-0.4, -0.2) is 27.2 Å². The third kappa shape index (κ3) is 2.34. The van der Waals surface area contributed by atoms with Crippen LogP contribution < -0.4 is 11.1 Å². The monoisotopic (exact) mass is 236 g/mol. The quantitative estimate of drug-likeness (QED) is 0.718. The highest BCUT2D eigenvalue weighted by Gasteiger charge is 2.37. The van der Waals surface area contributed by atoms with Gasteiger partial charge in [-0.3, -0.25) is 0 Å². The summed E-state index contributed by atoms with van der Waals surface area (Å²) in [6.07, 6.45) is 6.45. The molecule has 0 radical (unpaired) electrons. The van der Waals surface area contributed by atoms with Crippen molar-refractivity contribution in [3.05, 3.63) is 11.9 Å². The minimum Gasteiger partial charge on any atom is -0.394 e. The van der Waals surface area contributed by atoms with Crippen LogP contribution >= 0.6 is 0 Å². The largest absolute Gasteiger partial charge is 0.394 e. The van der Waals surface area contributed by atoms with Gasteiger partial charge in [-0.05, 0) is 25.7 Å². The number of nitrogens with one attached hydrogen (secondary N) is 1.